The number of nitrogens with two attached hydrogens (primary N) is 1. The average Bonchev–Trinajstić information content (AvgIpc) is 1.96. The molecule has 1 atom stereocenters. The molecule has 0 spiro atoms. The van der Waals surface area contributed by atoms with Gasteiger partial charge in [0.25, 0.3) is 0 Å². The number of nitrogens with zero attached hydrogens (tertiary/aromatic N) is 1. The Bertz CT molecular complexity index is 82.4. The maximum atomic E-state index is 4.56. The molecule has 0 bridgehead atoms. The zero-order valence-corrected chi connectivity index (χ0v) is 6.91. The van der Waals surface area contributed by atoms with E-state index < -0.39 is 0 Å². The monoisotopic (exact) mass is 172 g/mol. The summed E-state index contributed by atoms with van der Waals surface area (Å²) in [6.07, 6.45) is 3.50. The Balaban J connectivity index is 0.000000222. The standard InChI is InChI=1S/C5H5N.AsH4N/c1-2-4-6-5-3-1;1-2/h1-5H;1-2H2. The quantitative estimate of drug-likeness (QED) is 0.539. The van der Waals surface area contributed by atoms with E-state index in [1.165, 1.54) is 17.1 Å². The molecule has 3 heteroatoms. The molecular formula is C5H9AsN2. The normalized spacial score (nSPS) is 6.75. The Kier molecular flexibility index (Phi) is 6.39. The minimum atomic E-state index is 1.19. The van der Waals surface area contributed by atoms with E-state index in [0.717, 1.165) is 0 Å². The van der Waals surface area contributed by atoms with Gasteiger partial charge in [-0.1, -0.05) is 6.07 Å². The van der Waals surface area contributed by atoms with Gasteiger partial charge < -0.3 is 0 Å². The summed E-state index contributed by atoms with van der Waals surface area (Å²) in [5.41, 5.74) is 0. The van der Waals surface area contributed by atoms with Gasteiger partial charge in [0.15, 0.2) is 0 Å². The Labute approximate surface area is 57.8 Å². The predicted octanol–water partition coefficient (Wildman–Crippen LogP) is -0.425. The molecule has 1 aromatic rings. The summed E-state index contributed by atoms with van der Waals surface area (Å²) in [5.74, 6) is 0. The molecule has 0 aromatic carbocycles. The van der Waals surface area contributed by atoms with Crippen LogP contribution in [0.4, 0.5) is 0 Å². The van der Waals surface area contributed by atoms with Crippen LogP contribution < -0.4 is 4.65 Å². The van der Waals surface area contributed by atoms with Crippen LogP contribution in [0.25, 0.3) is 0 Å². The molecule has 8 heavy (non-hydrogen) atoms. The summed E-state index contributed by atoms with van der Waals surface area (Å²) in [6, 6.07) is 5.72. The fourth-order valence-electron chi connectivity index (χ4n) is 0.313. The Morgan fingerprint density at radius 1 is 1.00 bits per heavy atom. The molecule has 0 aliphatic carbocycles. The maximum absolute atomic E-state index is 4.56. The number of hydrogen-bond acceptors (Lipinski definition) is 2. The first-order valence-electron chi connectivity index (χ1n) is 2.18. The van der Waals surface area contributed by atoms with Crippen molar-refractivity contribution >= 4 is 17.1 Å². The van der Waals surface area contributed by atoms with Crippen LogP contribution in [0.1, 0.15) is 0 Å². The zero-order valence-electron chi connectivity index (χ0n) is 4.49. The number of rotatable bonds is 0. The van der Waals surface area contributed by atoms with Crippen molar-refractivity contribution in [2.75, 3.05) is 0 Å². The minimum Gasteiger partial charge on any atom is -0.265 e. The van der Waals surface area contributed by atoms with Gasteiger partial charge in [0.1, 0.15) is 0 Å². The van der Waals surface area contributed by atoms with E-state index in [-0.39, 0.29) is 0 Å². The largest absolute Gasteiger partial charge is 0.265 e. The number of aromatic nitrogens is 1. The average molecular weight is 172 g/mol. The van der Waals surface area contributed by atoms with Crippen LogP contribution in [-0.2, 0) is 0 Å². The van der Waals surface area contributed by atoms with Gasteiger partial charge >= 0.3 is 21.7 Å². The molecule has 1 aromatic heterocycles. The first-order chi connectivity index (χ1) is 4.00. The van der Waals surface area contributed by atoms with Crippen LogP contribution in [0.5, 0.6) is 0 Å². The zero-order chi connectivity index (χ0) is 6.24. The molecule has 0 aliphatic heterocycles. The molecule has 0 fully saturated rings. The molecule has 1 heterocycles. The molecule has 2 N–H and O–H groups in total. The molecule has 0 saturated carbocycles. The number of hydrogen-bond donors (Lipinski definition) is 1. The maximum Gasteiger partial charge on any atom is 0.0267 e. The third kappa shape index (κ3) is 3.84. The van der Waals surface area contributed by atoms with Crippen LogP contribution in [0, 0.1) is 0 Å². The molecule has 1 rings (SSSR count). The van der Waals surface area contributed by atoms with Crippen molar-refractivity contribution in [2.45, 2.75) is 0 Å². The van der Waals surface area contributed by atoms with Crippen molar-refractivity contribution in [2.24, 2.45) is 4.65 Å². The Hall–Kier alpha value is -0.332. The van der Waals surface area contributed by atoms with Gasteiger partial charge in [-0.3, -0.25) is 4.98 Å². The molecule has 2 nitrogen and oxygen atoms in total. The summed E-state index contributed by atoms with van der Waals surface area (Å²) < 4.78 is 4.56. The topological polar surface area (TPSA) is 38.9 Å². The molecular weight excluding hydrogens is 163 g/mol. The molecule has 1 unspecified atom stereocenters. The van der Waals surface area contributed by atoms with E-state index in [1.807, 2.05) is 18.2 Å². The number of pyridine rings is 1. The van der Waals surface area contributed by atoms with Crippen molar-refractivity contribution in [1.82, 2.24) is 4.98 Å². The van der Waals surface area contributed by atoms with Gasteiger partial charge in [-0.2, -0.15) is 0 Å². The summed E-state index contributed by atoms with van der Waals surface area (Å²) >= 11 is 1.19. The fraction of sp³-hybridized carbons (Fsp3) is 0. The van der Waals surface area contributed by atoms with Crippen LogP contribution in [0.3, 0.4) is 0 Å². The minimum absolute atomic E-state index is 1.19. The Morgan fingerprint density at radius 3 is 1.62 bits per heavy atom. The summed E-state index contributed by atoms with van der Waals surface area (Å²) in [7, 11) is 0. The van der Waals surface area contributed by atoms with E-state index in [1.54, 1.807) is 12.4 Å². The van der Waals surface area contributed by atoms with Crippen LogP contribution in [0.2, 0.25) is 0 Å². The van der Waals surface area contributed by atoms with Gasteiger partial charge in [0, 0.05) is 12.4 Å². The van der Waals surface area contributed by atoms with E-state index in [0.29, 0.717) is 0 Å². The van der Waals surface area contributed by atoms with E-state index in [2.05, 4.69) is 9.63 Å². The molecule has 0 radical (unpaired) electrons. The second-order valence-corrected chi connectivity index (χ2v) is 1.02. The summed E-state index contributed by atoms with van der Waals surface area (Å²) in [5, 5.41) is 0. The van der Waals surface area contributed by atoms with Gasteiger partial charge in [-0.05, 0) is 12.1 Å². The molecule has 0 aliphatic rings. The van der Waals surface area contributed by atoms with Crippen molar-refractivity contribution in [3.05, 3.63) is 30.6 Å². The van der Waals surface area contributed by atoms with Gasteiger partial charge in [0.05, 0.1) is 0 Å². The van der Waals surface area contributed by atoms with E-state index >= 15 is 0 Å². The third-order valence-electron chi connectivity index (χ3n) is 0.566. The third-order valence-corrected chi connectivity index (χ3v) is 0.566. The predicted molar refractivity (Wildman–Crippen MR) is 37.0 cm³/mol. The van der Waals surface area contributed by atoms with Crippen molar-refractivity contribution in [3.63, 3.8) is 0 Å². The molecule has 0 amide bonds. The first kappa shape index (κ1) is 7.67. The van der Waals surface area contributed by atoms with Crippen molar-refractivity contribution in [3.8, 4) is 0 Å². The van der Waals surface area contributed by atoms with Gasteiger partial charge in [0.2, 0.25) is 0 Å². The second kappa shape index (κ2) is 6.67. The fourth-order valence-corrected chi connectivity index (χ4v) is 0.313. The van der Waals surface area contributed by atoms with Crippen LogP contribution in [0.15, 0.2) is 30.6 Å². The summed E-state index contributed by atoms with van der Waals surface area (Å²) in [6.45, 7) is 0. The Morgan fingerprint density at radius 2 is 1.50 bits per heavy atom. The van der Waals surface area contributed by atoms with Crippen LogP contribution >= 0.6 is 0 Å². The molecule has 0 saturated heterocycles. The van der Waals surface area contributed by atoms with Gasteiger partial charge in [-0.25, -0.2) is 0 Å². The second-order valence-electron chi connectivity index (χ2n) is 1.02. The molecule has 44 valence electrons. The van der Waals surface area contributed by atoms with E-state index in [9.17, 15) is 0 Å². The SMILES string of the molecule is N[AsH2].c1ccncc1. The van der Waals surface area contributed by atoms with Crippen LogP contribution in [-0.4, -0.2) is 22.1 Å². The first-order valence-corrected chi connectivity index (χ1v) is 3.58. The smallest absolute Gasteiger partial charge is 0.0267 e. The van der Waals surface area contributed by atoms with Gasteiger partial charge in [-0.15, -0.1) is 0 Å². The summed E-state index contributed by atoms with van der Waals surface area (Å²) in [4.78, 5) is 3.78. The van der Waals surface area contributed by atoms with E-state index in [4.69, 9.17) is 0 Å². The van der Waals surface area contributed by atoms with Crippen molar-refractivity contribution in [1.29, 1.82) is 0 Å². The van der Waals surface area contributed by atoms with Crippen molar-refractivity contribution < 1.29 is 0 Å².